The number of amides is 1. The first-order chi connectivity index (χ1) is 17.3. The standard InChI is InChI=1S/C24H26ClN3O7S2/c1-16-5-11-22(34-2)20(13-16)27-37(32,33)19-9-7-18(8-10-19)26-24(29)15-28(36(4,30)31)21-14-17(25)6-12-23(21)35-3/h5-14,27H,15H2,1-4H3,(H,26,29). The van der Waals surface area contributed by atoms with Crippen LogP contribution in [0.1, 0.15) is 5.56 Å². The van der Waals surface area contributed by atoms with Crippen molar-refractivity contribution < 1.29 is 31.1 Å². The van der Waals surface area contributed by atoms with Crippen LogP contribution >= 0.6 is 11.6 Å². The van der Waals surface area contributed by atoms with Gasteiger partial charge >= 0.3 is 0 Å². The van der Waals surface area contributed by atoms with Gasteiger partial charge in [-0.2, -0.15) is 0 Å². The number of sulfonamides is 2. The monoisotopic (exact) mass is 567 g/mol. The van der Waals surface area contributed by atoms with E-state index in [1.54, 1.807) is 18.2 Å². The number of carbonyl (C=O) groups excluding carboxylic acids is 1. The Morgan fingerprint density at radius 1 is 0.919 bits per heavy atom. The highest BCUT2D eigenvalue weighted by atomic mass is 35.5. The molecule has 37 heavy (non-hydrogen) atoms. The summed E-state index contributed by atoms with van der Waals surface area (Å²) in [5, 5.41) is 2.83. The van der Waals surface area contributed by atoms with Crippen molar-refractivity contribution in [2.45, 2.75) is 11.8 Å². The van der Waals surface area contributed by atoms with Crippen LogP contribution in [0.5, 0.6) is 11.5 Å². The van der Waals surface area contributed by atoms with E-state index >= 15 is 0 Å². The lowest BCUT2D eigenvalue weighted by Crippen LogP contribution is -2.37. The van der Waals surface area contributed by atoms with Crippen molar-refractivity contribution >= 4 is 54.6 Å². The van der Waals surface area contributed by atoms with Crippen LogP contribution in [0.3, 0.4) is 0 Å². The van der Waals surface area contributed by atoms with Crippen molar-refractivity contribution in [2.75, 3.05) is 41.4 Å². The zero-order valence-electron chi connectivity index (χ0n) is 20.5. The molecule has 0 spiro atoms. The number of nitrogens with one attached hydrogen (secondary N) is 2. The van der Waals surface area contributed by atoms with E-state index in [1.165, 1.54) is 56.7 Å². The maximum Gasteiger partial charge on any atom is 0.262 e. The van der Waals surface area contributed by atoms with Crippen LogP contribution in [-0.2, 0) is 24.8 Å². The molecule has 3 aromatic carbocycles. The van der Waals surface area contributed by atoms with Gasteiger partial charge in [-0.3, -0.25) is 13.8 Å². The molecule has 0 atom stereocenters. The second-order valence-corrected chi connectivity index (χ2v) is 12.0. The Morgan fingerprint density at radius 3 is 2.14 bits per heavy atom. The van der Waals surface area contributed by atoms with E-state index < -0.39 is 32.5 Å². The number of benzene rings is 3. The summed E-state index contributed by atoms with van der Waals surface area (Å²) in [7, 11) is -5.03. The molecule has 0 saturated carbocycles. The summed E-state index contributed by atoms with van der Waals surface area (Å²) in [6, 6.07) is 14.9. The molecule has 0 heterocycles. The van der Waals surface area contributed by atoms with Gasteiger partial charge in [0, 0.05) is 10.7 Å². The Kier molecular flexibility index (Phi) is 8.57. The summed E-state index contributed by atoms with van der Waals surface area (Å²) in [4.78, 5) is 12.7. The summed E-state index contributed by atoms with van der Waals surface area (Å²) in [6.45, 7) is 1.26. The van der Waals surface area contributed by atoms with E-state index in [0.29, 0.717) is 5.75 Å². The lowest BCUT2D eigenvalue weighted by molar-refractivity contribution is -0.114. The van der Waals surface area contributed by atoms with Gasteiger partial charge in [0.1, 0.15) is 18.0 Å². The molecule has 3 aromatic rings. The van der Waals surface area contributed by atoms with Crippen LogP contribution in [-0.4, -0.2) is 49.8 Å². The fourth-order valence-electron chi connectivity index (χ4n) is 3.39. The lowest BCUT2D eigenvalue weighted by atomic mass is 10.2. The number of carbonyl (C=O) groups is 1. The number of ether oxygens (including phenoxy) is 2. The predicted molar refractivity (Wildman–Crippen MR) is 144 cm³/mol. The molecule has 0 aromatic heterocycles. The molecule has 10 nitrogen and oxygen atoms in total. The molecular formula is C24H26ClN3O7S2. The first-order valence-electron chi connectivity index (χ1n) is 10.7. The normalized spacial score (nSPS) is 11.5. The summed E-state index contributed by atoms with van der Waals surface area (Å²) in [5.74, 6) is -0.0783. The minimum atomic E-state index is -3.95. The van der Waals surface area contributed by atoms with Gasteiger partial charge in [-0.1, -0.05) is 17.7 Å². The maximum atomic E-state index is 12.9. The van der Waals surface area contributed by atoms with Crippen molar-refractivity contribution in [1.82, 2.24) is 0 Å². The predicted octanol–water partition coefficient (Wildman–Crippen LogP) is 3.87. The van der Waals surface area contributed by atoms with E-state index in [0.717, 1.165) is 16.1 Å². The van der Waals surface area contributed by atoms with Gasteiger partial charge in [-0.15, -0.1) is 0 Å². The Morgan fingerprint density at radius 2 is 1.54 bits per heavy atom. The van der Waals surface area contributed by atoms with Gasteiger partial charge in [0.2, 0.25) is 15.9 Å². The van der Waals surface area contributed by atoms with Crippen LogP contribution in [0.2, 0.25) is 5.02 Å². The molecule has 2 N–H and O–H groups in total. The summed E-state index contributed by atoms with van der Waals surface area (Å²) in [6.07, 6.45) is 0.955. The minimum Gasteiger partial charge on any atom is -0.495 e. The Bertz CT molecular complexity index is 1510. The fraction of sp³-hybridized carbons (Fsp3) is 0.208. The zero-order chi connectivity index (χ0) is 27.4. The first-order valence-corrected chi connectivity index (χ1v) is 14.4. The molecule has 13 heteroatoms. The SMILES string of the molecule is COc1ccc(C)cc1NS(=O)(=O)c1ccc(NC(=O)CN(c2cc(Cl)ccc2OC)S(C)(=O)=O)cc1. The highest BCUT2D eigenvalue weighted by Crippen LogP contribution is 2.33. The second kappa shape index (κ2) is 11.3. The number of halogens is 1. The Hall–Kier alpha value is -3.48. The fourth-order valence-corrected chi connectivity index (χ4v) is 5.47. The molecule has 0 aliphatic carbocycles. The maximum absolute atomic E-state index is 12.9. The number of aryl methyl sites for hydroxylation is 1. The van der Waals surface area contributed by atoms with Crippen molar-refractivity contribution in [1.29, 1.82) is 0 Å². The Balaban J connectivity index is 1.77. The average Bonchev–Trinajstić information content (AvgIpc) is 2.82. The third-order valence-electron chi connectivity index (χ3n) is 5.14. The van der Waals surface area contributed by atoms with E-state index in [9.17, 15) is 21.6 Å². The highest BCUT2D eigenvalue weighted by molar-refractivity contribution is 7.92. The minimum absolute atomic E-state index is 0.0458. The molecular weight excluding hydrogens is 542 g/mol. The van der Waals surface area contributed by atoms with E-state index in [4.69, 9.17) is 21.1 Å². The zero-order valence-corrected chi connectivity index (χ0v) is 22.9. The highest BCUT2D eigenvalue weighted by Gasteiger charge is 2.25. The lowest BCUT2D eigenvalue weighted by Gasteiger charge is -2.24. The van der Waals surface area contributed by atoms with E-state index in [2.05, 4.69) is 10.0 Å². The number of methoxy groups -OCH3 is 2. The van der Waals surface area contributed by atoms with Gasteiger partial charge < -0.3 is 14.8 Å². The van der Waals surface area contributed by atoms with Gasteiger partial charge in [-0.25, -0.2) is 16.8 Å². The molecule has 0 aliphatic rings. The van der Waals surface area contributed by atoms with Crippen LogP contribution in [0, 0.1) is 6.92 Å². The van der Waals surface area contributed by atoms with Crippen molar-refractivity contribution in [3.8, 4) is 11.5 Å². The molecule has 0 fully saturated rings. The molecule has 0 unspecified atom stereocenters. The summed E-state index contributed by atoms with van der Waals surface area (Å²) < 4.78 is 64.4. The van der Waals surface area contributed by atoms with Crippen LogP contribution in [0.15, 0.2) is 65.6 Å². The van der Waals surface area contributed by atoms with Gasteiger partial charge in [-0.05, 0) is 67.1 Å². The van der Waals surface area contributed by atoms with Gasteiger partial charge in [0.05, 0.1) is 36.7 Å². The quantitative estimate of drug-likeness (QED) is 0.380. The smallest absolute Gasteiger partial charge is 0.262 e. The van der Waals surface area contributed by atoms with Crippen LogP contribution < -0.4 is 23.8 Å². The number of nitrogens with zero attached hydrogens (tertiary/aromatic N) is 1. The first kappa shape index (κ1) is 28.1. The molecule has 1 amide bonds. The van der Waals surface area contributed by atoms with E-state index in [1.807, 2.05) is 6.92 Å². The van der Waals surface area contributed by atoms with Crippen LogP contribution in [0.4, 0.5) is 17.1 Å². The van der Waals surface area contributed by atoms with Crippen LogP contribution in [0.25, 0.3) is 0 Å². The second-order valence-electron chi connectivity index (χ2n) is 7.97. The van der Waals surface area contributed by atoms with E-state index in [-0.39, 0.29) is 32.7 Å². The van der Waals surface area contributed by atoms with Crippen molar-refractivity contribution in [3.63, 3.8) is 0 Å². The van der Waals surface area contributed by atoms with Crippen molar-refractivity contribution in [2.24, 2.45) is 0 Å². The molecule has 3 rings (SSSR count). The molecule has 0 bridgehead atoms. The number of hydrogen-bond acceptors (Lipinski definition) is 7. The third kappa shape index (κ3) is 7.06. The molecule has 198 valence electrons. The number of hydrogen-bond donors (Lipinski definition) is 2. The Labute approximate surface area is 221 Å². The largest absolute Gasteiger partial charge is 0.495 e. The molecule has 0 saturated heterocycles. The third-order valence-corrected chi connectivity index (χ3v) is 7.89. The molecule has 0 radical (unpaired) electrons. The number of anilines is 3. The van der Waals surface area contributed by atoms with Gasteiger partial charge in [0.15, 0.2) is 0 Å². The number of rotatable bonds is 10. The molecule has 0 aliphatic heterocycles. The summed E-state index contributed by atoms with van der Waals surface area (Å²) >= 11 is 6.02. The topological polar surface area (TPSA) is 131 Å². The van der Waals surface area contributed by atoms with Crippen molar-refractivity contribution in [3.05, 3.63) is 71.2 Å². The average molecular weight is 568 g/mol. The summed E-state index contributed by atoms with van der Waals surface area (Å²) in [5.41, 5.74) is 1.50. The van der Waals surface area contributed by atoms with Gasteiger partial charge in [0.25, 0.3) is 10.0 Å².